The minimum atomic E-state index is -3.49. The van der Waals surface area contributed by atoms with E-state index in [0.717, 1.165) is 19.3 Å². The van der Waals surface area contributed by atoms with Gasteiger partial charge in [0.15, 0.2) is 0 Å². The molecular weight excluding hydrogens is 404 g/mol. The quantitative estimate of drug-likeness (QED) is 0.723. The van der Waals surface area contributed by atoms with E-state index in [1.54, 1.807) is 47.5 Å². The van der Waals surface area contributed by atoms with Crippen molar-refractivity contribution in [2.75, 3.05) is 26.2 Å². The number of hydrogen-bond donors (Lipinski definition) is 0. The van der Waals surface area contributed by atoms with Crippen LogP contribution in [0.15, 0.2) is 47.5 Å². The van der Waals surface area contributed by atoms with Crippen LogP contribution in [0.1, 0.15) is 42.5 Å². The van der Waals surface area contributed by atoms with Gasteiger partial charge in [-0.2, -0.15) is 9.40 Å². The van der Waals surface area contributed by atoms with Gasteiger partial charge < -0.3 is 9.64 Å². The highest BCUT2D eigenvalue weighted by molar-refractivity contribution is 7.89. The molecule has 2 saturated heterocycles. The molecule has 9 heteroatoms. The van der Waals surface area contributed by atoms with Crippen molar-refractivity contribution in [1.29, 1.82) is 0 Å². The van der Waals surface area contributed by atoms with E-state index < -0.39 is 10.0 Å². The Labute approximate surface area is 176 Å². The Kier molecular flexibility index (Phi) is 6.29. The smallest absolute Gasteiger partial charge is 0.253 e. The van der Waals surface area contributed by atoms with Crippen molar-refractivity contribution in [3.05, 3.63) is 48.2 Å². The van der Waals surface area contributed by atoms with Crippen LogP contribution in [0.4, 0.5) is 0 Å². The Morgan fingerprint density at radius 3 is 2.30 bits per heavy atom. The second-order valence-electron chi connectivity index (χ2n) is 7.66. The van der Waals surface area contributed by atoms with Crippen LogP contribution < -0.4 is 4.74 Å². The van der Waals surface area contributed by atoms with Crippen molar-refractivity contribution in [3.63, 3.8) is 0 Å². The fourth-order valence-corrected chi connectivity index (χ4v) is 5.42. The average Bonchev–Trinajstić information content (AvgIpc) is 2.80. The minimum Gasteiger partial charge on any atom is -0.473 e. The van der Waals surface area contributed by atoms with Crippen LogP contribution in [0.2, 0.25) is 0 Å². The molecule has 0 saturated carbocycles. The van der Waals surface area contributed by atoms with Gasteiger partial charge in [-0.05, 0) is 43.2 Å². The highest BCUT2D eigenvalue weighted by atomic mass is 32.2. The first kappa shape index (κ1) is 20.7. The van der Waals surface area contributed by atoms with E-state index >= 15 is 0 Å². The fourth-order valence-electron chi connectivity index (χ4n) is 3.90. The van der Waals surface area contributed by atoms with Crippen molar-refractivity contribution in [2.45, 2.75) is 43.1 Å². The third-order valence-electron chi connectivity index (χ3n) is 5.62. The molecule has 1 aromatic carbocycles. The summed E-state index contributed by atoms with van der Waals surface area (Å²) in [6.45, 7) is 2.29. The van der Waals surface area contributed by atoms with E-state index in [4.69, 9.17) is 4.74 Å². The van der Waals surface area contributed by atoms with Crippen molar-refractivity contribution < 1.29 is 17.9 Å². The molecule has 160 valence electrons. The molecule has 2 fully saturated rings. The molecule has 2 aliphatic rings. The predicted molar refractivity (Wildman–Crippen MR) is 111 cm³/mol. The summed E-state index contributed by atoms with van der Waals surface area (Å²) in [5.74, 6) is 0.405. The molecule has 0 aliphatic carbocycles. The number of hydrogen-bond acceptors (Lipinski definition) is 6. The zero-order valence-electron chi connectivity index (χ0n) is 16.8. The maximum Gasteiger partial charge on any atom is 0.253 e. The minimum absolute atomic E-state index is 0.00260. The van der Waals surface area contributed by atoms with Crippen LogP contribution in [-0.2, 0) is 10.0 Å². The Bertz CT molecular complexity index is 952. The number of piperidine rings is 2. The number of sulfonamides is 1. The summed E-state index contributed by atoms with van der Waals surface area (Å²) in [5.41, 5.74) is 0.501. The lowest BCUT2D eigenvalue weighted by Gasteiger charge is -2.32. The Morgan fingerprint density at radius 1 is 0.967 bits per heavy atom. The molecule has 0 radical (unpaired) electrons. The van der Waals surface area contributed by atoms with Crippen molar-refractivity contribution in [2.24, 2.45) is 0 Å². The van der Waals surface area contributed by atoms with Gasteiger partial charge in [0.25, 0.3) is 5.91 Å². The van der Waals surface area contributed by atoms with E-state index in [1.165, 1.54) is 4.31 Å². The van der Waals surface area contributed by atoms with Gasteiger partial charge in [0.2, 0.25) is 15.9 Å². The van der Waals surface area contributed by atoms with E-state index in [0.29, 0.717) is 50.5 Å². The van der Waals surface area contributed by atoms with Crippen LogP contribution in [0.25, 0.3) is 0 Å². The number of amides is 1. The predicted octanol–water partition coefficient (Wildman–Crippen LogP) is 2.33. The number of nitrogens with zero attached hydrogens (tertiary/aromatic N) is 4. The summed E-state index contributed by atoms with van der Waals surface area (Å²) in [6.07, 6.45) is 5.88. The maximum atomic E-state index is 12.8. The lowest BCUT2D eigenvalue weighted by atomic mass is 10.1. The zero-order chi connectivity index (χ0) is 21.0. The Hall–Kier alpha value is -2.52. The normalized spacial score (nSPS) is 18.9. The maximum absolute atomic E-state index is 12.8. The van der Waals surface area contributed by atoms with Crippen LogP contribution in [-0.4, -0.2) is 66.0 Å². The molecule has 8 nitrogen and oxygen atoms in total. The largest absolute Gasteiger partial charge is 0.473 e. The average molecular weight is 431 g/mol. The van der Waals surface area contributed by atoms with Crippen LogP contribution >= 0.6 is 0 Å². The first-order chi connectivity index (χ1) is 14.5. The highest BCUT2D eigenvalue weighted by Crippen LogP contribution is 2.22. The molecule has 0 atom stereocenters. The first-order valence-corrected chi connectivity index (χ1v) is 11.8. The van der Waals surface area contributed by atoms with Gasteiger partial charge in [-0.15, -0.1) is 5.10 Å². The molecule has 4 rings (SSSR count). The van der Waals surface area contributed by atoms with Gasteiger partial charge >= 0.3 is 0 Å². The second-order valence-corrected chi connectivity index (χ2v) is 9.60. The SMILES string of the molecule is O=C(c1ccc(S(=O)(=O)N2CCCCC2)cc1)N1CCC(Oc2cccnn2)CC1. The molecule has 2 aliphatic heterocycles. The van der Waals surface area contributed by atoms with Crippen molar-refractivity contribution in [1.82, 2.24) is 19.4 Å². The van der Waals surface area contributed by atoms with Crippen molar-refractivity contribution in [3.8, 4) is 5.88 Å². The Morgan fingerprint density at radius 2 is 1.67 bits per heavy atom. The number of carbonyl (C=O) groups is 1. The summed E-state index contributed by atoms with van der Waals surface area (Å²) < 4.78 is 32.9. The summed E-state index contributed by atoms with van der Waals surface area (Å²) in [4.78, 5) is 14.9. The van der Waals surface area contributed by atoms with E-state index in [9.17, 15) is 13.2 Å². The highest BCUT2D eigenvalue weighted by Gasteiger charge is 2.28. The van der Waals surface area contributed by atoms with E-state index in [-0.39, 0.29) is 16.9 Å². The van der Waals surface area contributed by atoms with Crippen LogP contribution in [0.3, 0.4) is 0 Å². The molecule has 0 N–H and O–H groups in total. The summed E-state index contributed by atoms with van der Waals surface area (Å²) >= 11 is 0. The molecule has 0 spiro atoms. The molecule has 1 aromatic heterocycles. The van der Waals surface area contributed by atoms with Gasteiger partial charge in [0, 0.05) is 56.8 Å². The number of carbonyl (C=O) groups excluding carboxylic acids is 1. The number of rotatable bonds is 5. The Balaban J connectivity index is 1.35. The van der Waals surface area contributed by atoms with Crippen LogP contribution in [0.5, 0.6) is 5.88 Å². The van der Waals surface area contributed by atoms with E-state index in [1.807, 2.05) is 0 Å². The zero-order valence-corrected chi connectivity index (χ0v) is 17.6. The molecular formula is C21H26N4O4S. The second kappa shape index (κ2) is 9.09. The topological polar surface area (TPSA) is 92.7 Å². The van der Waals surface area contributed by atoms with Gasteiger partial charge in [-0.25, -0.2) is 8.42 Å². The monoisotopic (exact) mass is 430 g/mol. The molecule has 0 bridgehead atoms. The lowest BCUT2D eigenvalue weighted by molar-refractivity contribution is 0.0586. The number of aromatic nitrogens is 2. The molecule has 30 heavy (non-hydrogen) atoms. The van der Waals surface area contributed by atoms with Crippen molar-refractivity contribution >= 4 is 15.9 Å². The number of ether oxygens (including phenoxy) is 1. The summed E-state index contributed by atoms with van der Waals surface area (Å²) in [6, 6.07) is 9.85. The number of likely N-dealkylation sites (tertiary alicyclic amines) is 1. The summed E-state index contributed by atoms with van der Waals surface area (Å²) in [7, 11) is -3.49. The molecule has 0 unspecified atom stereocenters. The molecule has 1 amide bonds. The van der Waals surface area contributed by atoms with Gasteiger partial charge in [-0.1, -0.05) is 6.42 Å². The molecule has 3 heterocycles. The van der Waals surface area contributed by atoms with Gasteiger partial charge in [0.05, 0.1) is 4.90 Å². The lowest BCUT2D eigenvalue weighted by Crippen LogP contribution is -2.41. The molecule has 2 aromatic rings. The first-order valence-electron chi connectivity index (χ1n) is 10.4. The third kappa shape index (κ3) is 4.62. The van der Waals surface area contributed by atoms with E-state index in [2.05, 4.69) is 10.2 Å². The standard InChI is InChI=1S/C21H26N4O4S/c26-21(24-15-10-18(11-16-24)29-20-5-4-12-22-23-20)17-6-8-19(9-7-17)30(27,28)25-13-2-1-3-14-25/h4-9,12,18H,1-3,10-11,13-16H2. The van der Waals surface area contributed by atoms with Gasteiger partial charge in [0.1, 0.15) is 6.10 Å². The van der Waals surface area contributed by atoms with Crippen LogP contribution in [0, 0.1) is 0 Å². The number of benzene rings is 1. The summed E-state index contributed by atoms with van der Waals surface area (Å²) in [5, 5.41) is 7.73. The third-order valence-corrected chi connectivity index (χ3v) is 7.53. The van der Waals surface area contributed by atoms with Gasteiger partial charge in [-0.3, -0.25) is 4.79 Å². The fraction of sp³-hybridized carbons (Fsp3) is 0.476.